The molecule has 1 aliphatic rings. The summed E-state index contributed by atoms with van der Waals surface area (Å²) in [7, 11) is 0. The summed E-state index contributed by atoms with van der Waals surface area (Å²) in [6.07, 6.45) is 3.57. The van der Waals surface area contributed by atoms with E-state index >= 15 is 0 Å². The first-order valence-electron chi connectivity index (χ1n) is 8.62. The van der Waals surface area contributed by atoms with Gasteiger partial charge in [0, 0.05) is 18.8 Å². The van der Waals surface area contributed by atoms with E-state index in [2.05, 4.69) is 5.32 Å². The van der Waals surface area contributed by atoms with Crippen LogP contribution in [0.1, 0.15) is 24.0 Å². The van der Waals surface area contributed by atoms with Crippen LogP contribution in [0.4, 0.5) is 15.8 Å². The number of rotatable bonds is 4. The summed E-state index contributed by atoms with van der Waals surface area (Å²) in [5.74, 6) is -0.841. The Kier molecular flexibility index (Phi) is 5.33. The predicted octanol–water partition coefficient (Wildman–Crippen LogP) is 4.28. The number of halogens is 1. The number of nitrogens with one attached hydrogen (secondary N) is 1. The van der Waals surface area contributed by atoms with E-state index in [9.17, 15) is 14.4 Å². The Labute approximate surface area is 152 Å². The molecule has 1 amide bonds. The molecule has 5 heteroatoms. The highest BCUT2D eigenvalue weighted by molar-refractivity contribution is 6.09. The van der Waals surface area contributed by atoms with E-state index in [1.807, 2.05) is 24.0 Å². The van der Waals surface area contributed by atoms with Crippen LogP contribution in [-0.2, 0) is 4.79 Å². The topological polar surface area (TPSA) is 56.1 Å². The zero-order valence-corrected chi connectivity index (χ0v) is 14.6. The fourth-order valence-electron chi connectivity index (χ4n) is 3.06. The number of nitrogens with zero attached hydrogens (tertiary/aromatic N) is 2. The Morgan fingerprint density at radius 2 is 1.92 bits per heavy atom. The monoisotopic (exact) mass is 349 g/mol. The van der Waals surface area contributed by atoms with Crippen molar-refractivity contribution in [1.82, 2.24) is 0 Å². The predicted molar refractivity (Wildman–Crippen MR) is 101 cm³/mol. The number of benzene rings is 2. The van der Waals surface area contributed by atoms with Crippen molar-refractivity contribution in [3.8, 4) is 6.07 Å². The molecule has 3 rings (SSSR count). The highest BCUT2D eigenvalue weighted by atomic mass is 19.1. The van der Waals surface area contributed by atoms with E-state index < -0.39 is 5.91 Å². The molecule has 4 nitrogen and oxygen atoms in total. The van der Waals surface area contributed by atoms with Crippen LogP contribution < -0.4 is 10.2 Å². The second kappa shape index (κ2) is 7.83. The van der Waals surface area contributed by atoms with Gasteiger partial charge < -0.3 is 10.2 Å². The van der Waals surface area contributed by atoms with Crippen molar-refractivity contribution in [2.24, 2.45) is 0 Å². The Bertz CT molecular complexity index is 878. The zero-order chi connectivity index (χ0) is 18.5. The molecule has 1 heterocycles. The lowest BCUT2D eigenvalue weighted by Gasteiger charge is -2.19. The average Bonchev–Trinajstić information content (AvgIpc) is 3.17. The van der Waals surface area contributed by atoms with Crippen LogP contribution in [0.25, 0.3) is 6.08 Å². The average molecular weight is 349 g/mol. The summed E-state index contributed by atoms with van der Waals surface area (Å²) in [5.41, 5.74) is 2.49. The van der Waals surface area contributed by atoms with Crippen LogP contribution in [0.2, 0.25) is 0 Å². The van der Waals surface area contributed by atoms with Crippen LogP contribution in [0, 0.1) is 24.1 Å². The minimum atomic E-state index is -0.512. The number of aryl methyl sites for hydroxylation is 1. The maximum absolute atomic E-state index is 14.5. The van der Waals surface area contributed by atoms with Crippen LogP contribution in [0.5, 0.6) is 0 Å². The molecular weight excluding hydrogens is 329 g/mol. The number of para-hydroxylation sites is 1. The smallest absolute Gasteiger partial charge is 0.266 e. The molecule has 0 saturated carbocycles. The van der Waals surface area contributed by atoms with Crippen molar-refractivity contribution in [3.63, 3.8) is 0 Å². The van der Waals surface area contributed by atoms with Gasteiger partial charge in [-0.1, -0.05) is 18.2 Å². The lowest BCUT2D eigenvalue weighted by atomic mass is 10.0. The third-order valence-corrected chi connectivity index (χ3v) is 4.48. The molecule has 1 saturated heterocycles. The van der Waals surface area contributed by atoms with Gasteiger partial charge in [0.2, 0.25) is 0 Å². The van der Waals surface area contributed by atoms with E-state index in [1.54, 1.807) is 30.3 Å². The van der Waals surface area contributed by atoms with Gasteiger partial charge in [0.1, 0.15) is 17.5 Å². The van der Waals surface area contributed by atoms with E-state index in [-0.39, 0.29) is 11.4 Å². The second-order valence-electron chi connectivity index (χ2n) is 6.34. The van der Waals surface area contributed by atoms with Crippen molar-refractivity contribution < 1.29 is 9.18 Å². The lowest BCUT2D eigenvalue weighted by molar-refractivity contribution is -0.112. The van der Waals surface area contributed by atoms with Crippen LogP contribution in [0.15, 0.2) is 48.0 Å². The molecular formula is C21H20FN3O. The Morgan fingerprint density at radius 3 is 2.58 bits per heavy atom. The first-order chi connectivity index (χ1) is 12.6. The van der Waals surface area contributed by atoms with E-state index in [1.165, 1.54) is 12.1 Å². The quantitative estimate of drug-likeness (QED) is 0.662. The summed E-state index contributed by atoms with van der Waals surface area (Å²) in [5, 5.41) is 12.0. The van der Waals surface area contributed by atoms with E-state index in [4.69, 9.17) is 0 Å². The highest BCUT2D eigenvalue weighted by Crippen LogP contribution is 2.28. The number of hydrogen-bond acceptors (Lipinski definition) is 3. The first-order valence-corrected chi connectivity index (χ1v) is 8.62. The van der Waals surface area contributed by atoms with Crippen molar-refractivity contribution in [2.45, 2.75) is 19.8 Å². The molecule has 2 aromatic rings. The summed E-state index contributed by atoms with van der Waals surface area (Å²) in [4.78, 5) is 14.3. The Balaban J connectivity index is 1.86. The molecule has 2 aromatic carbocycles. The van der Waals surface area contributed by atoms with Crippen molar-refractivity contribution in [1.29, 1.82) is 5.26 Å². The fraction of sp³-hybridized carbons (Fsp3) is 0.238. The van der Waals surface area contributed by atoms with Crippen LogP contribution >= 0.6 is 0 Å². The zero-order valence-electron chi connectivity index (χ0n) is 14.6. The van der Waals surface area contributed by atoms with E-state index in [0.717, 1.165) is 31.5 Å². The van der Waals surface area contributed by atoms with Gasteiger partial charge in [-0.2, -0.15) is 5.26 Å². The number of amides is 1. The molecule has 1 fully saturated rings. The van der Waals surface area contributed by atoms with Gasteiger partial charge in [-0.25, -0.2) is 4.39 Å². The fourth-order valence-corrected chi connectivity index (χ4v) is 3.06. The van der Waals surface area contributed by atoms with Crippen molar-refractivity contribution in [2.75, 3.05) is 23.3 Å². The summed E-state index contributed by atoms with van der Waals surface area (Å²) in [6, 6.07) is 14.0. The minimum absolute atomic E-state index is 0.0646. The van der Waals surface area contributed by atoms with Crippen molar-refractivity contribution in [3.05, 3.63) is 65.0 Å². The number of nitriles is 1. The molecule has 1 aliphatic heterocycles. The maximum Gasteiger partial charge on any atom is 0.266 e. The standard InChI is InChI=1S/C21H20FN3O/c1-15-11-20(25-9-5-6-10-25)19(22)13-16(15)12-17(14-23)21(26)24-18-7-3-2-4-8-18/h2-4,7-8,11-13H,5-6,9-10H2,1H3,(H,24,26). The molecule has 26 heavy (non-hydrogen) atoms. The number of hydrogen-bond donors (Lipinski definition) is 1. The lowest BCUT2D eigenvalue weighted by Crippen LogP contribution is -2.19. The van der Waals surface area contributed by atoms with E-state index in [0.29, 0.717) is 16.9 Å². The molecule has 0 unspecified atom stereocenters. The highest BCUT2D eigenvalue weighted by Gasteiger charge is 2.18. The second-order valence-corrected chi connectivity index (χ2v) is 6.34. The summed E-state index contributed by atoms with van der Waals surface area (Å²) < 4.78 is 14.5. The Morgan fingerprint density at radius 1 is 1.23 bits per heavy atom. The van der Waals surface area contributed by atoms with Gasteiger partial charge in [0.15, 0.2) is 0 Å². The van der Waals surface area contributed by atoms with Gasteiger partial charge in [-0.15, -0.1) is 0 Å². The van der Waals surface area contributed by atoms with Gasteiger partial charge in [0.25, 0.3) is 5.91 Å². The third kappa shape index (κ3) is 3.92. The molecule has 0 bridgehead atoms. The normalized spacial score (nSPS) is 14.2. The molecule has 132 valence electrons. The number of carbonyl (C=O) groups excluding carboxylic acids is 1. The van der Waals surface area contributed by atoms with Crippen LogP contribution in [-0.4, -0.2) is 19.0 Å². The van der Waals surface area contributed by atoms with Gasteiger partial charge in [0.05, 0.1) is 5.69 Å². The molecule has 0 aromatic heterocycles. The first kappa shape index (κ1) is 17.7. The summed E-state index contributed by atoms with van der Waals surface area (Å²) >= 11 is 0. The third-order valence-electron chi connectivity index (χ3n) is 4.48. The molecule has 0 atom stereocenters. The molecule has 0 radical (unpaired) electrons. The van der Waals surface area contributed by atoms with Crippen molar-refractivity contribution >= 4 is 23.4 Å². The van der Waals surface area contributed by atoms with Gasteiger partial charge in [-0.3, -0.25) is 4.79 Å². The SMILES string of the molecule is Cc1cc(N2CCCC2)c(F)cc1C=C(C#N)C(=O)Nc1ccccc1. The van der Waals surface area contributed by atoms with Crippen LogP contribution in [0.3, 0.4) is 0 Å². The minimum Gasteiger partial charge on any atom is -0.369 e. The summed E-state index contributed by atoms with van der Waals surface area (Å²) in [6.45, 7) is 3.57. The van der Waals surface area contributed by atoms with Gasteiger partial charge >= 0.3 is 0 Å². The number of anilines is 2. The van der Waals surface area contributed by atoms with Gasteiger partial charge in [-0.05, 0) is 61.2 Å². The maximum atomic E-state index is 14.5. The largest absolute Gasteiger partial charge is 0.369 e. The molecule has 0 aliphatic carbocycles. The Hall–Kier alpha value is -3.13. The molecule has 0 spiro atoms. The molecule has 1 N–H and O–H groups in total. The number of carbonyl (C=O) groups is 1.